The zero-order chi connectivity index (χ0) is 14.4. The largest absolute Gasteiger partial charge is 0.475 e. The molecule has 0 rings (SSSR count). The monoisotopic (exact) mass is 292 g/mol. The summed E-state index contributed by atoms with van der Waals surface area (Å²) in [6.07, 6.45) is -4.50. The van der Waals surface area contributed by atoms with Gasteiger partial charge in [0.25, 0.3) is 0 Å². The van der Waals surface area contributed by atoms with Crippen molar-refractivity contribution in [3.63, 3.8) is 0 Å². The Labute approximate surface area is 101 Å². The van der Waals surface area contributed by atoms with Crippen molar-refractivity contribution in [2.45, 2.75) is 19.5 Å². The van der Waals surface area contributed by atoms with E-state index in [-0.39, 0.29) is 6.61 Å². The lowest BCUT2D eigenvalue weighted by molar-refractivity contribution is -0.157. The Morgan fingerprint density at radius 3 is 2.39 bits per heavy atom. The van der Waals surface area contributed by atoms with Gasteiger partial charge in [-0.05, 0) is 6.42 Å². The summed E-state index contributed by atoms with van der Waals surface area (Å²) in [5, 5.41) is 0. The molecule has 18 heavy (non-hydrogen) atoms. The molecule has 106 valence electrons. The molecule has 1 unspecified atom stereocenters. The van der Waals surface area contributed by atoms with E-state index in [2.05, 4.69) is 20.4 Å². The topological polar surface area (TPSA) is 82.1 Å². The van der Waals surface area contributed by atoms with Crippen molar-refractivity contribution in [1.82, 2.24) is 0 Å². The normalized spacial score (nSPS) is 14.9. The maximum absolute atomic E-state index is 12.0. The van der Waals surface area contributed by atoms with Gasteiger partial charge in [0.05, 0.1) is 6.61 Å². The van der Waals surface area contributed by atoms with Crippen molar-refractivity contribution in [2.24, 2.45) is 0 Å². The first-order chi connectivity index (χ1) is 8.10. The highest BCUT2D eigenvalue weighted by Gasteiger charge is 2.38. The summed E-state index contributed by atoms with van der Waals surface area (Å²) in [6.45, 7) is 2.90. The standard InChI is InChI=1S/C8H12F3O6P/c1-3-4-16-18(13,14)17-5-15-7(12)6(2)8(9,10)11/h2-5H2,1H3,(H,13,14). The van der Waals surface area contributed by atoms with Crippen LogP contribution in [0.5, 0.6) is 0 Å². The number of carbonyl (C=O) groups excluding carboxylic acids is 1. The van der Waals surface area contributed by atoms with Crippen molar-refractivity contribution in [1.29, 1.82) is 0 Å². The average molecular weight is 292 g/mol. The summed E-state index contributed by atoms with van der Waals surface area (Å²) in [7, 11) is -4.42. The van der Waals surface area contributed by atoms with Crippen LogP contribution in [-0.2, 0) is 23.1 Å². The van der Waals surface area contributed by atoms with Crippen LogP contribution < -0.4 is 0 Å². The third-order valence-corrected chi connectivity index (χ3v) is 2.39. The summed E-state index contributed by atoms with van der Waals surface area (Å²) in [6, 6.07) is 0. The molecule has 0 amide bonds. The second kappa shape index (κ2) is 6.89. The smallest absolute Gasteiger partial charge is 0.434 e. The number of rotatable bonds is 7. The Morgan fingerprint density at radius 2 is 1.94 bits per heavy atom. The van der Waals surface area contributed by atoms with Gasteiger partial charge in [-0.15, -0.1) is 0 Å². The quantitative estimate of drug-likeness (QED) is 0.335. The number of phosphoric acid groups is 1. The van der Waals surface area contributed by atoms with Crippen LogP contribution in [0.4, 0.5) is 13.2 Å². The zero-order valence-corrected chi connectivity index (χ0v) is 10.3. The zero-order valence-electron chi connectivity index (χ0n) is 9.40. The van der Waals surface area contributed by atoms with Crippen molar-refractivity contribution >= 4 is 13.8 Å². The Kier molecular flexibility index (Phi) is 6.55. The summed E-state index contributed by atoms with van der Waals surface area (Å²) in [4.78, 5) is 19.7. The van der Waals surface area contributed by atoms with Crippen LogP contribution in [-0.4, -0.2) is 30.4 Å². The van der Waals surface area contributed by atoms with Crippen LogP contribution in [0.15, 0.2) is 12.2 Å². The highest BCUT2D eigenvalue weighted by Crippen LogP contribution is 2.43. The van der Waals surface area contributed by atoms with E-state index >= 15 is 0 Å². The van der Waals surface area contributed by atoms with Gasteiger partial charge in [-0.3, -0.25) is 4.52 Å². The van der Waals surface area contributed by atoms with Crippen molar-refractivity contribution in [3.05, 3.63) is 12.2 Å². The van der Waals surface area contributed by atoms with Crippen LogP contribution >= 0.6 is 7.82 Å². The van der Waals surface area contributed by atoms with Gasteiger partial charge in [-0.25, -0.2) is 13.9 Å². The van der Waals surface area contributed by atoms with Gasteiger partial charge in [0.2, 0.25) is 6.79 Å². The van der Waals surface area contributed by atoms with Gasteiger partial charge in [0, 0.05) is 0 Å². The van der Waals surface area contributed by atoms with Crippen LogP contribution in [0, 0.1) is 0 Å². The molecule has 1 atom stereocenters. The van der Waals surface area contributed by atoms with E-state index in [0.29, 0.717) is 6.42 Å². The highest BCUT2D eigenvalue weighted by atomic mass is 31.2. The van der Waals surface area contributed by atoms with E-state index < -0.39 is 32.3 Å². The number of hydrogen-bond donors (Lipinski definition) is 1. The lowest BCUT2D eigenvalue weighted by atomic mass is 10.3. The van der Waals surface area contributed by atoms with Gasteiger partial charge in [0.15, 0.2) is 0 Å². The first-order valence-corrected chi connectivity index (χ1v) is 6.15. The summed E-state index contributed by atoms with van der Waals surface area (Å²) >= 11 is 0. The fourth-order valence-corrected chi connectivity index (χ4v) is 1.27. The molecule has 0 aliphatic rings. The number of halogens is 3. The number of carbonyl (C=O) groups is 1. The van der Waals surface area contributed by atoms with E-state index in [9.17, 15) is 22.5 Å². The lowest BCUT2D eigenvalue weighted by Gasteiger charge is -2.13. The molecular formula is C8H12F3O6P. The number of hydrogen-bond acceptors (Lipinski definition) is 5. The minimum absolute atomic E-state index is 0.0863. The van der Waals surface area contributed by atoms with Crippen molar-refractivity contribution < 1.29 is 41.2 Å². The third kappa shape index (κ3) is 6.75. The molecule has 0 bridgehead atoms. The average Bonchev–Trinajstić information content (AvgIpc) is 2.23. The predicted octanol–water partition coefficient (Wildman–Crippen LogP) is 2.15. The van der Waals surface area contributed by atoms with E-state index in [1.807, 2.05) is 0 Å². The minimum Gasteiger partial charge on any atom is -0.434 e. The lowest BCUT2D eigenvalue weighted by Crippen LogP contribution is -2.21. The first kappa shape index (κ1) is 17.1. The van der Waals surface area contributed by atoms with Crippen molar-refractivity contribution in [3.8, 4) is 0 Å². The van der Waals surface area contributed by atoms with Gasteiger partial charge in [-0.2, -0.15) is 13.2 Å². The molecule has 0 aliphatic carbocycles. The van der Waals surface area contributed by atoms with E-state index in [0.717, 1.165) is 0 Å². The molecule has 0 fully saturated rings. The maximum Gasteiger partial charge on any atom is 0.475 e. The molecule has 0 saturated carbocycles. The molecule has 0 radical (unpaired) electrons. The number of ether oxygens (including phenoxy) is 1. The van der Waals surface area contributed by atoms with Crippen LogP contribution in [0.1, 0.15) is 13.3 Å². The Morgan fingerprint density at radius 1 is 1.39 bits per heavy atom. The van der Waals surface area contributed by atoms with Gasteiger partial charge in [-0.1, -0.05) is 13.5 Å². The third-order valence-electron chi connectivity index (χ3n) is 1.45. The number of esters is 1. The fraction of sp³-hybridized carbons (Fsp3) is 0.625. The molecule has 0 spiro atoms. The van der Waals surface area contributed by atoms with Crippen molar-refractivity contribution in [2.75, 3.05) is 13.4 Å². The van der Waals surface area contributed by atoms with Gasteiger partial charge in [0.1, 0.15) is 5.57 Å². The molecule has 0 aromatic rings. The molecule has 0 saturated heterocycles. The number of phosphoric ester groups is 1. The molecular weight excluding hydrogens is 280 g/mol. The van der Waals surface area contributed by atoms with E-state index in [1.165, 1.54) is 0 Å². The summed E-state index contributed by atoms with van der Waals surface area (Å²) in [5.74, 6) is -1.79. The fourth-order valence-electron chi connectivity index (χ4n) is 0.593. The Hall–Kier alpha value is -0.890. The minimum atomic E-state index is -4.93. The molecule has 6 nitrogen and oxygen atoms in total. The van der Waals surface area contributed by atoms with Crippen LogP contribution in [0.2, 0.25) is 0 Å². The van der Waals surface area contributed by atoms with Crippen LogP contribution in [0.3, 0.4) is 0 Å². The van der Waals surface area contributed by atoms with Gasteiger partial charge >= 0.3 is 20.0 Å². The SMILES string of the molecule is C=C(C(=O)OCOP(=O)(O)OCCC)C(F)(F)F. The first-order valence-electron chi connectivity index (χ1n) is 4.65. The second-order valence-electron chi connectivity index (χ2n) is 2.96. The molecule has 1 N–H and O–H groups in total. The molecule has 10 heteroatoms. The Balaban J connectivity index is 4.09. The second-order valence-corrected chi connectivity index (χ2v) is 4.41. The van der Waals surface area contributed by atoms with Gasteiger partial charge < -0.3 is 9.63 Å². The Bertz CT molecular complexity index is 353. The molecule has 0 aromatic heterocycles. The van der Waals surface area contributed by atoms with Crippen LogP contribution in [0.25, 0.3) is 0 Å². The molecule has 0 heterocycles. The van der Waals surface area contributed by atoms with E-state index in [1.54, 1.807) is 6.92 Å². The number of alkyl halides is 3. The summed E-state index contributed by atoms with van der Waals surface area (Å²) in [5.41, 5.74) is -1.74. The predicted molar refractivity (Wildman–Crippen MR) is 53.3 cm³/mol. The summed E-state index contributed by atoms with van der Waals surface area (Å²) < 4.78 is 59.3. The molecule has 0 aromatic carbocycles. The van der Waals surface area contributed by atoms with E-state index in [4.69, 9.17) is 4.89 Å². The maximum atomic E-state index is 12.0. The molecule has 0 aliphatic heterocycles. The highest BCUT2D eigenvalue weighted by molar-refractivity contribution is 7.47.